The highest BCUT2D eigenvalue weighted by Gasteiger charge is 2.18. The van der Waals surface area contributed by atoms with E-state index in [2.05, 4.69) is 5.32 Å². The van der Waals surface area contributed by atoms with Crippen LogP contribution in [0.1, 0.15) is 17.3 Å². The van der Waals surface area contributed by atoms with Crippen molar-refractivity contribution in [2.75, 3.05) is 12.1 Å². The van der Waals surface area contributed by atoms with Crippen LogP contribution in [0.4, 0.5) is 5.69 Å². The number of hydrogen-bond donors (Lipinski definition) is 1. The largest absolute Gasteiger partial charge is 0.480 e. The maximum absolute atomic E-state index is 12.2. The second-order valence-corrected chi connectivity index (χ2v) is 4.97. The lowest BCUT2D eigenvalue weighted by atomic mass is 10.2. The molecule has 0 unspecified atom stereocenters. The van der Waals surface area contributed by atoms with Crippen molar-refractivity contribution in [3.8, 4) is 17.2 Å². The Morgan fingerprint density at radius 3 is 2.83 bits per heavy atom. The highest BCUT2D eigenvalue weighted by Crippen LogP contribution is 2.34. The third-order valence-electron chi connectivity index (χ3n) is 3.36. The van der Waals surface area contributed by atoms with E-state index >= 15 is 0 Å². The molecule has 23 heavy (non-hydrogen) atoms. The van der Waals surface area contributed by atoms with Gasteiger partial charge in [0.1, 0.15) is 5.75 Å². The second-order valence-electron chi connectivity index (χ2n) is 4.97. The van der Waals surface area contributed by atoms with Gasteiger partial charge < -0.3 is 19.5 Å². The monoisotopic (exact) mass is 313 g/mol. The van der Waals surface area contributed by atoms with E-state index in [1.54, 1.807) is 49.4 Å². The number of carbonyl (C=O) groups excluding carboxylic acids is 2. The van der Waals surface area contributed by atoms with Crippen molar-refractivity contribution in [2.24, 2.45) is 0 Å². The summed E-state index contributed by atoms with van der Waals surface area (Å²) in [5.41, 5.74) is 0.980. The van der Waals surface area contributed by atoms with Crippen LogP contribution in [0.25, 0.3) is 0 Å². The molecule has 2 aromatic rings. The Morgan fingerprint density at radius 1 is 1.22 bits per heavy atom. The maximum atomic E-state index is 12.2. The molecule has 1 aliphatic rings. The first kappa shape index (κ1) is 14.9. The van der Waals surface area contributed by atoms with E-state index in [4.69, 9.17) is 14.2 Å². The molecule has 0 spiro atoms. The van der Waals surface area contributed by atoms with E-state index in [1.165, 1.54) is 0 Å². The number of benzene rings is 2. The molecule has 118 valence electrons. The molecule has 2 aromatic carbocycles. The van der Waals surface area contributed by atoms with Gasteiger partial charge in [-0.15, -0.1) is 0 Å². The average Bonchev–Trinajstić information content (AvgIpc) is 3.03. The minimum atomic E-state index is -0.762. The number of aldehydes is 1. The van der Waals surface area contributed by atoms with Gasteiger partial charge in [0, 0.05) is 11.8 Å². The standard InChI is InChI=1S/C17H15NO5/c1-11(23-14-5-3-2-4-12(14)9-19)17(20)18-13-6-7-15-16(8-13)22-10-21-15/h2-9,11H,10H2,1H3,(H,18,20)/t11-/m0/s1. The van der Waals surface area contributed by atoms with E-state index in [-0.39, 0.29) is 12.7 Å². The smallest absolute Gasteiger partial charge is 0.265 e. The molecule has 0 aromatic heterocycles. The van der Waals surface area contributed by atoms with Gasteiger partial charge in [-0.1, -0.05) is 12.1 Å². The van der Waals surface area contributed by atoms with Gasteiger partial charge in [0.15, 0.2) is 23.9 Å². The van der Waals surface area contributed by atoms with Gasteiger partial charge in [0.05, 0.1) is 5.56 Å². The molecule has 1 atom stereocenters. The van der Waals surface area contributed by atoms with Crippen LogP contribution in [0.15, 0.2) is 42.5 Å². The molecule has 0 saturated carbocycles. The third-order valence-corrected chi connectivity index (χ3v) is 3.36. The lowest BCUT2D eigenvalue weighted by Gasteiger charge is -2.16. The zero-order chi connectivity index (χ0) is 16.2. The number of hydrogen-bond acceptors (Lipinski definition) is 5. The van der Waals surface area contributed by atoms with Crippen LogP contribution >= 0.6 is 0 Å². The quantitative estimate of drug-likeness (QED) is 0.859. The van der Waals surface area contributed by atoms with Crippen molar-refractivity contribution in [1.29, 1.82) is 0 Å². The van der Waals surface area contributed by atoms with Crippen LogP contribution < -0.4 is 19.5 Å². The maximum Gasteiger partial charge on any atom is 0.265 e. The van der Waals surface area contributed by atoms with Crippen LogP contribution in [0.2, 0.25) is 0 Å². The minimum Gasteiger partial charge on any atom is -0.480 e. The lowest BCUT2D eigenvalue weighted by molar-refractivity contribution is -0.122. The van der Waals surface area contributed by atoms with Gasteiger partial charge in [-0.05, 0) is 31.2 Å². The van der Waals surface area contributed by atoms with E-state index in [0.29, 0.717) is 34.8 Å². The molecule has 1 aliphatic heterocycles. The minimum absolute atomic E-state index is 0.175. The number of carbonyl (C=O) groups is 2. The first-order chi connectivity index (χ1) is 11.2. The molecular weight excluding hydrogens is 298 g/mol. The Labute approximate surface area is 133 Å². The van der Waals surface area contributed by atoms with Crippen LogP contribution in [0.3, 0.4) is 0 Å². The normalized spacial score (nSPS) is 13.3. The van der Waals surface area contributed by atoms with E-state index in [0.717, 1.165) is 0 Å². The molecule has 1 N–H and O–H groups in total. The van der Waals surface area contributed by atoms with Crippen LogP contribution in [0, 0.1) is 0 Å². The van der Waals surface area contributed by atoms with Crippen LogP contribution in [0.5, 0.6) is 17.2 Å². The highest BCUT2D eigenvalue weighted by molar-refractivity contribution is 5.94. The van der Waals surface area contributed by atoms with Gasteiger partial charge >= 0.3 is 0 Å². The fourth-order valence-electron chi connectivity index (χ4n) is 2.15. The van der Waals surface area contributed by atoms with Gasteiger partial charge in [0.25, 0.3) is 5.91 Å². The van der Waals surface area contributed by atoms with Crippen molar-refractivity contribution < 1.29 is 23.8 Å². The molecule has 0 radical (unpaired) electrons. The topological polar surface area (TPSA) is 73.9 Å². The zero-order valence-corrected chi connectivity index (χ0v) is 12.4. The highest BCUT2D eigenvalue weighted by atomic mass is 16.7. The zero-order valence-electron chi connectivity index (χ0n) is 12.4. The summed E-state index contributed by atoms with van der Waals surface area (Å²) in [4.78, 5) is 23.2. The Kier molecular flexibility index (Phi) is 4.14. The Morgan fingerprint density at radius 2 is 2.00 bits per heavy atom. The molecule has 6 heteroatoms. The average molecular weight is 313 g/mol. The fourth-order valence-corrected chi connectivity index (χ4v) is 2.15. The Hall–Kier alpha value is -3.02. The van der Waals surface area contributed by atoms with Crippen molar-refractivity contribution in [3.63, 3.8) is 0 Å². The Bertz CT molecular complexity index is 744. The molecular formula is C17H15NO5. The van der Waals surface area contributed by atoms with E-state index in [9.17, 15) is 9.59 Å². The van der Waals surface area contributed by atoms with Crippen LogP contribution in [-0.4, -0.2) is 25.1 Å². The molecule has 0 bridgehead atoms. The van der Waals surface area contributed by atoms with Crippen molar-refractivity contribution in [1.82, 2.24) is 0 Å². The van der Waals surface area contributed by atoms with E-state index < -0.39 is 6.10 Å². The van der Waals surface area contributed by atoms with Crippen molar-refractivity contribution in [2.45, 2.75) is 13.0 Å². The number of nitrogens with one attached hydrogen (secondary N) is 1. The second kappa shape index (κ2) is 6.39. The van der Waals surface area contributed by atoms with Gasteiger partial charge in [-0.3, -0.25) is 9.59 Å². The number of para-hydroxylation sites is 1. The summed E-state index contributed by atoms with van der Waals surface area (Å²) < 4.78 is 16.0. The lowest BCUT2D eigenvalue weighted by Crippen LogP contribution is -2.30. The summed E-state index contributed by atoms with van der Waals surface area (Å²) in [5.74, 6) is 1.27. The van der Waals surface area contributed by atoms with Crippen molar-refractivity contribution >= 4 is 17.9 Å². The Balaban J connectivity index is 1.67. The summed E-state index contributed by atoms with van der Waals surface area (Å²) in [6, 6.07) is 11.9. The van der Waals surface area contributed by atoms with Gasteiger partial charge in [0.2, 0.25) is 6.79 Å². The third kappa shape index (κ3) is 3.26. The molecule has 1 heterocycles. The number of anilines is 1. The van der Waals surface area contributed by atoms with Crippen LogP contribution in [-0.2, 0) is 4.79 Å². The predicted molar refractivity (Wildman–Crippen MR) is 83.1 cm³/mol. The summed E-state index contributed by atoms with van der Waals surface area (Å²) >= 11 is 0. The predicted octanol–water partition coefficient (Wildman–Crippen LogP) is 2.63. The first-order valence-corrected chi connectivity index (χ1v) is 7.09. The number of rotatable bonds is 5. The summed E-state index contributed by atoms with van der Waals surface area (Å²) in [6.07, 6.45) is -0.0702. The van der Waals surface area contributed by atoms with Gasteiger partial charge in [-0.25, -0.2) is 0 Å². The SMILES string of the molecule is C[C@H](Oc1ccccc1C=O)C(=O)Nc1ccc2c(c1)OCO2. The molecule has 3 rings (SSSR count). The van der Waals surface area contributed by atoms with E-state index in [1.807, 2.05) is 0 Å². The summed E-state index contributed by atoms with van der Waals surface area (Å²) in [7, 11) is 0. The van der Waals surface area contributed by atoms with Crippen molar-refractivity contribution in [3.05, 3.63) is 48.0 Å². The molecule has 0 aliphatic carbocycles. The molecule has 0 saturated heterocycles. The summed E-state index contributed by atoms with van der Waals surface area (Å²) in [5, 5.41) is 2.74. The summed E-state index contributed by atoms with van der Waals surface area (Å²) in [6.45, 7) is 1.79. The molecule has 6 nitrogen and oxygen atoms in total. The molecule has 0 fully saturated rings. The number of amides is 1. The number of fused-ring (bicyclic) bond motifs is 1. The first-order valence-electron chi connectivity index (χ1n) is 7.09. The molecule has 1 amide bonds. The fraction of sp³-hybridized carbons (Fsp3) is 0.176. The number of ether oxygens (including phenoxy) is 3. The van der Waals surface area contributed by atoms with Gasteiger partial charge in [-0.2, -0.15) is 0 Å².